The largest absolute Gasteiger partial charge is 0.322 e. The highest BCUT2D eigenvalue weighted by atomic mass is 35.5. The van der Waals surface area contributed by atoms with Crippen molar-refractivity contribution in [2.75, 3.05) is 5.32 Å². The molecule has 0 spiro atoms. The smallest absolute Gasteiger partial charge is 0.255 e. The van der Waals surface area contributed by atoms with Crippen LogP contribution in [-0.4, -0.2) is 12.2 Å². The number of carbonyl (C=O) groups is 2. The lowest BCUT2D eigenvalue weighted by Crippen LogP contribution is -2.13. The van der Waals surface area contributed by atoms with Crippen LogP contribution in [0.25, 0.3) is 0 Å². The zero-order valence-corrected chi connectivity index (χ0v) is 11.1. The van der Waals surface area contributed by atoms with Crippen molar-refractivity contribution in [3.63, 3.8) is 0 Å². The number of hydrogen-bond acceptors (Lipinski definition) is 2. The average Bonchev–Trinajstić information content (AvgIpc) is 2.42. The molecule has 3 nitrogen and oxygen atoms in total. The summed E-state index contributed by atoms with van der Waals surface area (Å²) in [6.07, 6.45) is 0.736. The molecule has 2 rings (SSSR count). The fourth-order valence-corrected chi connectivity index (χ4v) is 1.92. The number of nitrogens with one attached hydrogen (secondary N) is 1. The van der Waals surface area contributed by atoms with Crippen LogP contribution in [0.1, 0.15) is 26.3 Å². The van der Waals surface area contributed by atoms with Gasteiger partial charge in [0.25, 0.3) is 5.91 Å². The molecular formula is C15H12ClNO2. The Hall–Kier alpha value is -2.13. The molecule has 0 aliphatic carbocycles. The lowest BCUT2D eigenvalue weighted by Gasteiger charge is -2.09. The van der Waals surface area contributed by atoms with Crippen LogP contribution < -0.4 is 5.32 Å². The summed E-state index contributed by atoms with van der Waals surface area (Å²) >= 11 is 5.98. The summed E-state index contributed by atoms with van der Waals surface area (Å²) in [6, 6.07) is 11.9. The minimum Gasteiger partial charge on any atom is -0.322 e. The molecule has 0 saturated heterocycles. The molecule has 2 aromatic carbocycles. The number of rotatable bonds is 3. The molecule has 0 atom stereocenters. The Kier molecular flexibility index (Phi) is 3.97. The summed E-state index contributed by atoms with van der Waals surface area (Å²) in [4.78, 5) is 22.8. The van der Waals surface area contributed by atoms with E-state index in [4.69, 9.17) is 11.6 Å². The molecule has 0 aliphatic heterocycles. The van der Waals surface area contributed by atoms with Crippen LogP contribution in [0.5, 0.6) is 0 Å². The fourth-order valence-electron chi connectivity index (χ4n) is 1.74. The summed E-state index contributed by atoms with van der Waals surface area (Å²) in [5, 5.41) is 3.29. The maximum atomic E-state index is 12.1. The number of halogens is 1. The number of benzene rings is 2. The van der Waals surface area contributed by atoms with E-state index in [0.717, 1.165) is 11.8 Å². The van der Waals surface area contributed by atoms with Crippen molar-refractivity contribution in [2.24, 2.45) is 0 Å². The number of hydrogen-bond donors (Lipinski definition) is 1. The van der Waals surface area contributed by atoms with Crippen LogP contribution in [0.2, 0.25) is 5.02 Å². The van der Waals surface area contributed by atoms with Gasteiger partial charge in [-0.15, -0.1) is 0 Å². The van der Waals surface area contributed by atoms with Crippen molar-refractivity contribution in [3.8, 4) is 0 Å². The van der Waals surface area contributed by atoms with E-state index >= 15 is 0 Å². The maximum absolute atomic E-state index is 12.1. The van der Waals surface area contributed by atoms with Gasteiger partial charge in [0.2, 0.25) is 0 Å². The van der Waals surface area contributed by atoms with Crippen LogP contribution in [0.4, 0.5) is 5.69 Å². The fraction of sp³-hybridized carbons (Fsp3) is 0.0667. The molecule has 1 N–H and O–H groups in total. The highest BCUT2D eigenvalue weighted by Gasteiger charge is 2.11. The Bertz CT molecular complexity index is 638. The van der Waals surface area contributed by atoms with E-state index in [0.29, 0.717) is 21.8 Å². The van der Waals surface area contributed by atoms with Gasteiger partial charge in [-0.05, 0) is 36.8 Å². The lowest BCUT2D eigenvalue weighted by molar-refractivity contribution is 0.102. The molecule has 2 aromatic rings. The van der Waals surface area contributed by atoms with Crippen molar-refractivity contribution < 1.29 is 9.59 Å². The first-order valence-electron chi connectivity index (χ1n) is 5.73. The number of aldehydes is 1. The summed E-state index contributed by atoms with van der Waals surface area (Å²) < 4.78 is 0. The zero-order chi connectivity index (χ0) is 13.8. The summed E-state index contributed by atoms with van der Waals surface area (Å²) in [5.41, 5.74) is 2.34. The van der Waals surface area contributed by atoms with Gasteiger partial charge >= 0.3 is 0 Å². The highest BCUT2D eigenvalue weighted by molar-refractivity contribution is 6.32. The third kappa shape index (κ3) is 3.01. The minimum atomic E-state index is -0.247. The van der Waals surface area contributed by atoms with Gasteiger partial charge in [-0.2, -0.15) is 0 Å². The first kappa shape index (κ1) is 13.3. The molecule has 0 aliphatic rings. The molecule has 0 heterocycles. The molecule has 0 radical (unpaired) electrons. The van der Waals surface area contributed by atoms with E-state index in [2.05, 4.69) is 5.32 Å². The number of carbonyl (C=O) groups excluding carboxylic acids is 2. The second-order valence-electron chi connectivity index (χ2n) is 4.11. The second-order valence-corrected chi connectivity index (χ2v) is 4.52. The lowest BCUT2D eigenvalue weighted by atomic mass is 10.1. The Labute approximate surface area is 116 Å². The monoisotopic (exact) mass is 273 g/mol. The average molecular weight is 274 g/mol. The van der Waals surface area contributed by atoms with Crippen LogP contribution >= 0.6 is 11.6 Å². The van der Waals surface area contributed by atoms with E-state index in [-0.39, 0.29) is 5.91 Å². The molecule has 1 amide bonds. The summed E-state index contributed by atoms with van der Waals surface area (Å²) in [5.74, 6) is -0.247. The predicted octanol–water partition coefficient (Wildman–Crippen LogP) is 3.71. The third-order valence-corrected chi connectivity index (χ3v) is 3.20. The summed E-state index contributed by atoms with van der Waals surface area (Å²) in [7, 11) is 0. The van der Waals surface area contributed by atoms with Crippen molar-refractivity contribution in [2.45, 2.75) is 6.92 Å². The molecule has 0 aromatic heterocycles. The topological polar surface area (TPSA) is 46.2 Å². The standard InChI is InChI=1S/C15H12ClNO2/c1-10-13(6-3-7-14(10)16)15(19)17-12-5-2-4-11(8-12)9-18/h2-9H,1H3,(H,17,19). The Morgan fingerprint density at radius 2 is 1.95 bits per heavy atom. The quantitative estimate of drug-likeness (QED) is 0.867. The molecule has 96 valence electrons. The van der Waals surface area contributed by atoms with Crippen LogP contribution in [0.3, 0.4) is 0 Å². The van der Waals surface area contributed by atoms with Crippen molar-refractivity contribution in [3.05, 3.63) is 64.2 Å². The zero-order valence-electron chi connectivity index (χ0n) is 10.3. The molecule has 0 bridgehead atoms. The predicted molar refractivity (Wildman–Crippen MR) is 76.0 cm³/mol. The third-order valence-electron chi connectivity index (χ3n) is 2.79. The van der Waals surface area contributed by atoms with E-state index in [9.17, 15) is 9.59 Å². The van der Waals surface area contributed by atoms with Crippen molar-refractivity contribution in [1.82, 2.24) is 0 Å². The van der Waals surface area contributed by atoms with E-state index in [1.54, 1.807) is 49.4 Å². The van der Waals surface area contributed by atoms with Gasteiger partial charge in [0.15, 0.2) is 0 Å². The van der Waals surface area contributed by atoms with Gasteiger partial charge in [0, 0.05) is 21.8 Å². The van der Waals surface area contributed by atoms with E-state index in [1.807, 2.05) is 0 Å². The van der Waals surface area contributed by atoms with Gasteiger partial charge in [-0.1, -0.05) is 29.8 Å². The van der Waals surface area contributed by atoms with Crippen molar-refractivity contribution >= 4 is 29.5 Å². The second kappa shape index (κ2) is 5.67. The van der Waals surface area contributed by atoms with Crippen LogP contribution in [0, 0.1) is 6.92 Å². The van der Waals surface area contributed by atoms with Gasteiger partial charge in [-0.25, -0.2) is 0 Å². The van der Waals surface area contributed by atoms with E-state index in [1.165, 1.54) is 0 Å². The van der Waals surface area contributed by atoms with Gasteiger partial charge in [-0.3, -0.25) is 9.59 Å². The summed E-state index contributed by atoms with van der Waals surface area (Å²) in [6.45, 7) is 1.79. The van der Waals surface area contributed by atoms with Crippen LogP contribution in [0.15, 0.2) is 42.5 Å². The molecule has 0 saturated carbocycles. The Morgan fingerprint density at radius 1 is 1.21 bits per heavy atom. The normalized spacial score (nSPS) is 10.0. The molecule has 19 heavy (non-hydrogen) atoms. The Morgan fingerprint density at radius 3 is 2.68 bits per heavy atom. The molecular weight excluding hydrogens is 262 g/mol. The highest BCUT2D eigenvalue weighted by Crippen LogP contribution is 2.20. The molecule has 4 heteroatoms. The Balaban J connectivity index is 2.25. The number of anilines is 1. The minimum absolute atomic E-state index is 0.247. The van der Waals surface area contributed by atoms with Crippen molar-refractivity contribution in [1.29, 1.82) is 0 Å². The molecule has 0 unspecified atom stereocenters. The maximum Gasteiger partial charge on any atom is 0.255 e. The first-order chi connectivity index (χ1) is 9.11. The molecule has 0 fully saturated rings. The van der Waals surface area contributed by atoms with Gasteiger partial charge < -0.3 is 5.32 Å². The first-order valence-corrected chi connectivity index (χ1v) is 6.11. The van der Waals surface area contributed by atoms with Gasteiger partial charge in [0.05, 0.1) is 0 Å². The number of amides is 1. The van der Waals surface area contributed by atoms with E-state index < -0.39 is 0 Å². The van der Waals surface area contributed by atoms with Crippen LogP contribution in [-0.2, 0) is 0 Å². The SMILES string of the molecule is Cc1c(Cl)cccc1C(=O)Nc1cccc(C=O)c1. The van der Waals surface area contributed by atoms with Gasteiger partial charge in [0.1, 0.15) is 6.29 Å².